The number of likely N-dealkylation sites (tertiary alicyclic amines) is 1. The molecule has 0 bridgehead atoms. The Kier molecular flexibility index (Phi) is 4.29. The Bertz CT molecular complexity index is 329. The summed E-state index contributed by atoms with van der Waals surface area (Å²) in [5, 5.41) is 6.71. The molecule has 0 spiro atoms. The molecule has 1 aromatic rings. The van der Waals surface area contributed by atoms with Crippen LogP contribution in [0.2, 0.25) is 0 Å². The van der Waals surface area contributed by atoms with E-state index in [-0.39, 0.29) is 0 Å². The monoisotopic (exact) mass is 241 g/mol. The number of hydrogen-bond donors (Lipinski definition) is 1. The zero-order chi connectivity index (χ0) is 11.4. The highest BCUT2D eigenvalue weighted by Crippen LogP contribution is 2.12. The minimum atomic E-state index is 0.622. The van der Waals surface area contributed by atoms with Gasteiger partial charge in [-0.05, 0) is 20.0 Å². The smallest absolute Gasteiger partial charge is 0.119 e. The fourth-order valence-electron chi connectivity index (χ4n) is 1.97. The predicted molar refractivity (Wildman–Crippen MR) is 65.6 cm³/mol. The van der Waals surface area contributed by atoms with Gasteiger partial charge in [-0.25, -0.2) is 4.98 Å². The lowest BCUT2D eigenvalue weighted by Crippen LogP contribution is -2.31. The highest BCUT2D eigenvalue weighted by atomic mass is 32.1. The van der Waals surface area contributed by atoms with Crippen molar-refractivity contribution in [1.29, 1.82) is 0 Å². The van der Waals surface area contributed by atoms with E-state index in [4.69, 9.17) is 4.74 Å². The quantitative estimate of drug-likeness (QED) is 0.837. The lowest BCUT2D eigenvalue weighted by Gasteiger charge is -2.11. The standard InChI is InChI=1S/C11H19N3OS/c1-14-4-3-9(6-14)12-5-10-8-16-11(13-10)7-15-2/h8-9,12H,3-7H2,1-2H3. The zero-order valence-corrected chi connectivity index (χ0v) is 10.7. The molecule has 2 heterocycles. The topological polar surface area (TPSA) is 37.4 Å². The van der Waals surface area contributed by atoms with Crippen LogP contribution in [0.15, 0.2) is 5.38 Å². The van der Waals surface area contributed by atoms with Gasteiger partial charge in [-0.15, -0.1) is 11.3 Å². The molecule has 0 saturated carbocycles. The van der Waals surface area contributed by atoms with E-state index in [0.29, 0.717) is 12.6 Å². The van der Waals surface area contributed by atoms with Crippen LogP contribution in [-0.4, -0.2) is 43.2 Å². The Morgan fingerprint density at radius 3 is 3.25 bits per heavy atom. The zero-order valence-electron chi connectivity index (χ0n) is 9.90. The van der Waals surface area contributed by atoms with Gasteiger partial charge in [0.05, 0.1) is 12.3 Å². The molecule has 0 aliphatic carbocycles. The van der Waals surface area contributed by atoms with Gasteiger partial charge < -0.3 is 15.0 Å². The van der Waals surface area contributed by atoms with Crippen LogP contribution >= 0.6 is 11.3 Å². The summed E-state index contributed by atoms with van der Waals surface area (Å²) in [5.41, 5.74) is 1.13. The van der Waals surface area contributed by atoms with Crippen molar-refractivity contribution in [3.63, 3.8) is 0 Å². The van der Waals surface area contributed by atoms with E-state index in [9.17, 15) is 0 Å². The van der Waals surface area contributed by atoms with E-state index in [1.165, 1.54) is 13.0 Å². The highest BCUT2D eigenvalue weighted by Gasteiger charge is 2.18. The van der Waals surface area contributed by atoms with Crippen molar-refractivity contribution in [3.8, 4) is 0 Å². The number of nitrogens with zero attached hydrogens (tertiary/aromatic N) is 2. The van der Waals surface area contributed by atoms with Gasteiger partial charge in [0.1, 0.15) is 5.01 Å². The van der Waals surface area contributed by atoms with Crippen molar-refractivity contribution in [1.82, 2.24) is 15.2 Å². The fourth-order valence-corrected chi connectivity index (χ4v) is 2.73. The summed E-state index contributed by atoms with van der Waals surface area (Å²) in [5.74, 6) is 0. The van der Waals surface area contributed by atoms with Gasteiger partial charge in [0.15, 0.2) is 0 Å². The van der Waals surface area contributed by atoms with Crippen molar-refractivity contribution in [2.45, 2.75) is 25.6 Å². The van der Waals surface area contributed by atoms with Crippen molar-refractivity contribution >= 4 is 11.3 Å². The average molecular weight is 241 g/mol. The second kappa shape index (κ2) is 5.72. The first kappa shape index (κ1) is 12.0. The third-order valence-electron chi connectivity index (χ3n) is 2.83. The number of hydrogen-bond acceptors (Lipinski definition) is 5. The van der Waals surface area contributed by atoms with Gasteiger partial charge >= 0.3 is 0 Å². The van der Waals surface area contributed by atoms with E-state index in [2.05, 4.69) is 27.6 Å². The van der Waals surface area contributed by atoms with Gasteiger partial charge in [-0.2, -0.15) is 0 Å². The lowest BCUT2D eigenvalue weighted by atomic mass is 10.2. The molecule has 5 heteroatoms. The Morgan fingerprint density at radius 2 is 2.56 bits per heavy atom. The normalized spacial score (nSPS) is 21.8. The Morgan fingerprint density at radius 1 is 1.69 bits per heavy atom. The van der Waals surface area contributed by atoms with E-state index in [0.717, 1.165) is 23.8 Å². The maximum atomic E-state index is 5.05. The number of nitrogens with one attached hydrogen (secondary N) is 1. The number of aromatic nitrogens is 1. The summed E-state index contributed by atoms with van der Waals surface area (Å²) in [7, 11) is 3.87. The molecule has 1 aliphatic rings. The van der Waals surface area contributed by atoms with Crippen molar-refractivity contribution < 1.29 is 4.74 Å². The molecule has 4 nitrogen and oxygen atoms in total. The number of likely N-dealkylation sites (N-methyl/N-ethyl adjacent to an activating group) is 1. The van der Waals surface area contributed by atoms with Crippen LogP contribution in [0.3, 0.4) is 0 Å². The summed E-state index contributed by atoms with van der Waals surface area (Å²) in [6.45, 7) is 3.84. The van der Waals surface area contributed by atoms with Crippen molar-refractivity contribution in [2.24, 2.45) is 0 Å². The summed E-state index contributed by atoms with van der Waals surface area (Å²) in [6.07, 6.45) is 1.24. The summed E-state index contributed by atoms with van der Waals surface area (Å²) in [6, 6.07) is 0.623. The van der Waals surface area contributed by atoms with E-state index in [1.54, 1.807) is 18.4 Å². The second-order valence-corrected chi connectivity index (χ2v) is 5.24. The molecule has 1 N–H and O–H groups in total. The average Bonchev–Trinajstić information content (AvgIpc) is 2.85. The second-order valence-electron chi connectivity index (χ2n) is 4.29. The van der Waals surface area contributed by atoms with E-state index < -0.39 is 0 Å². The minimum Gasteiger partial charge on any atom is -0.378 e. The first-order chi connectivity index (χ1) is 7.78. The maximum Gasteiger partial charge on any atom is 0.119 e. The van der Waals surface area contributed by atoms with Crippen LogP contribution in [0, 0.1) is 0 Å². The molecule has 16 heavy (non-hydrogen) atoms. The van der Waals surface area contributed by atoms with Crippen molar-refractivity contribution in [3.05, 3.63) is 16.1 Å². The molecular formula is C11H19N3OS. The molecule has 0 amide bonds. The van der Waals surface area contributed by atoms with E-state index >= 15 is 0 Å². The number of ether oxygens (including phenoxy) is 1. The Labute approximate surface area is 101 Å². The molecular weight excluding hydrogens is 222 g/mol. The molecule has 1 saturated heterocycles. The first-order valence-corrected chi connectivity index (χ1v) is 6.50. The maximum absolute atomic E-state index is 5.05. The van der Waals surface area contributed by atoms with Gasteiger partial charge in [-0.1, -0.05) is 0 Å². The SMILES string of the molecule is COCc1nc(CNC2CCN(C)C2)cs1. The molecule has 2 rings (SSSR count). The molecule has 90 valence electrons. The molecule has 1 aliphatic heterocycles. The largest absolute Gasteiger partial charge is 0.378 e. The van der Waals surface area contributed by atoms with E-state index in [1.807, 2.05) is 0 Å². The molecule has 0 aromatic carbocycles. The van der Waals surface area contributed by atoms with Gasteiger partial charge in [0.25, 0.3) is 0 Å². The Hall–Kier alpha value is -0.490. The van der Waals surface area contributed by atoms with Gasteiger partial charge in [0.2, 0.25) is 0 Å². The third kappa shape index (κ3) is 3.25. The van der Waals surface area contributed by atoms with Crippen LogP contribution in [0.5, 0.6) is 0 Å². The van der Waals surface area contributed by atoms with Crippen molar-refractivity contribution in [2.75, 3.05) is 27.2 Å². The van der Waals surface area contributed by atoms with Gasteiger partial charge in [0, 0.05) is 31.6 Å². The molecule has 0 radical (unpaired) electrons. The number of methoxy groups -OCH3 is 1. The summed E-state index contributed by atoms with van der Waals surface area (Å²) < 4.78 is 5.05. The van der Waals surface area contributed by atoms with Gasteiger partial charge in [-0.3, -0.25) is 0 Å². The lowest BCUT2D eigenvalue weighted by molar-refractivity contribution is 0.184. The number of thiazole rings is 1. The van der Waals surface area contributed by atoms with Crippen LogP contribution in [-0.2, 0) is 17.9 Å². The minimum absolute atomic E-state index is 0.622. The van der Waals surface area contributed by atoms with Crippen LogP contribution in [0.25, 0.3) is 0 Å². The van der Waals surface area contributed by atoms with Crippen LogP contribution in [0.1, 0.15) is 17.1 Å². The molecule has 1 unspecified atom stereocenters. The highest BCUT2D eigenvalue weighted by molar-refractivity contribution is 7.09. The first-order valence-electron chi connectivity index (χ1n) is 5.62. The third-order valence-corrected chi connectivity index (χ3v) is 3.70. The summed E-state index contributed by atoms with van der Waals surface area (Å²) in [4.78, 5) is 6.85. The molecule has 1 fully saturated rings. The molecule has 1 aromatic heterocycles. The summed E-state index contributed by atoms with van der Waals surface area (Å²) >= 11 is 1.67. The number of rotatable bonds is 5. The van der Waals surface area contributed by atoms with Crippen LogP contribution < -0.4 is 5.32 Å². The predicted octanol–water partition coefficient (Wildman–Crippen LogP) is 1.08. The fraction of sp³-hybridized carbons (Fsp3) is 0.727. The Balaban J connectivity index is 1.76. The van der Waals surface area contributed by atoms with Crippen LogP contribution in [0.4, 0.5) is 0 Å². The molecule has 1 atom stereocenters.